The minimum atomic E-state index is -3.39. The highest BCUT2D eigenvalue weighted by atomic mass is 32.2. The van der Waals surface area contributed by atoms with E-state index in [9.17, 15) is 13.5 Å². The first-order valence-electron chi connectivity index (χ1n) is 5.80. The van der Waals surface area contributed by atoms with E-state index in [1.54, 1.807) is 19.1 Å². The number of aliphatic hydroxyl groups is 1. The van der Waals surface area contributed by atoms with E-state index in [-0.39, 0.29) is 4.90 Å². The Labute approximate surface area is 108 Å². The van der Waals surface area contributed by atoms with Crippen molar-refractivity contribution >= 4 is 15.7 Å². The fourth-order valence-electron chi connectivity index (χ4n) is 1.29. The third-order valence-corrected chi connectivity index (χ3v) is 4.30. The van der Waals surface area contributed by atoms with Crippen LogP contribution in [0.15, 0.2) is 29.2 Å². The van der Waals surface area contributed by atoms with Crippen molar-refractivity contribution in [3.8, 4) is 0 Å². The second-order valence-corrected chi connectivity index (χ2v) is 6.32. The Morgan fingerprint density at radius 3 is 2.28 bits per heavy atom. The van der Waals surface area contributed by atoms with Gasteiger partial charge in [0.25, 0.3) is 0 Å². The van der Waals surface area contributed by atoms with Gasteiger partial charge >= 0.3 is 0 Å². The van der Waals surface area contributed by atoms with Crippen molar-refractivity contribution in [3.05, 3.63) is 24.3 Å². The van der Waals surface area contributed by atoms with Crippen molar-refractivity contribution < 1.29 is 13.5 Å². The van der Waals surface area contributed by atoms with Crippen LogP contribution in [0.2, 0.25) is 0 Å². The first-order valence-corrected chi connectivity index (χ1v) is 7.29. The smallest absolute Gasteiger partial charge is 0.240 e. The fraction of sp³-hybridized carbons (Fsp3) is 0.500. The molecule has 1 aromatic rings. The molecule has 0 saturated carbocycles. The van der Waals surface area contributed by atoms with Crippen molar-refractivity contribution in [2.75, 3.05) is 18.9 Å². The van der Waals surface area contributed by atoms with Crippen LogP contribution in [0.5, 0.6) is 0 Å². The van der Waals surface area contributed by atoms with Gasteiger partial charge in [0.05, 0.1) is 10.5 Å². The molecule has 0 radical (unpaired) electrons. The number of anilines is 1. The predicted molar refractivity (Wildman–Crippen MR) is 72.1 cm³/mol. The van der Waals surface area contributed by atoms with Crippen LogP contribution in [0.4, 0.5) is 5.69 Å². The zero-order valence-electron chi connectivity index (χ0n) is 10.9. The van der Waals surface area contributed by atoms with Crippen molar-refractivity contribution in [2.24, 2.45) is 0 Å². The van der Waals surface area contributed by atoms with Crippen molar-refractivity contribution in [3.63, 3.8) is 0 Å². The van der Waals surface area contributed by atoms with Gasteiger partial charge in [-0.15, -0.1) is 0 Å². The molecule has 0 aliphatic carbocycles. The summed E-state index contributed by atoms with van der Waals surface area (Å²) in [6.45, 7) is 4.08. The van der Waals surface area contributed by atoms with E-state index < -0.39 is 15.6 Å². The molecule has 0 bridgehead atoms. The normalized spacial score (nSPS) is 15.1. The summed E-state index contributed by atoms with van der Waals surface area (Å²) in [4.78, 5) is 0.220. The molecule has 0 aliphatic rings. The molecule has 0 fully saturated rings. The van der Waals surface area contributed by atoms with Crippen LogP contribution in [0, 0.1) is 0 Å². The molecule has 0 aliphatic heterocycles. The first-order chi connectivity index (χ1) is 8.30. The standard InChI is InChI=1S/C12H20N2O3S/c1-4-12(2,15)9-14-10-5-7-11(8-6-10)18(16,17)13-3/h5-8,13-15H,4,9H2,1-3H3. The number of nitrogens with one attached hydrogen (secondary N) is 2. The van der Waals surface area contributed by atoms with E-state index >= 15 is 0 Å². The minimum Gasteiger partial charge on any atom is -0.388 e. The SMILES string of the molecule is CCC(C)(O)CNc1ccc(S(=O)(=O)NC)cc1. The fourth-order valence-corrected chi connectivity index (χ4v) is 2.02. The molecule has 0 aromatic heterocycles. The summed E-state index contributed by atoms with van der Waals surface area (Å²) in [5.41, 5.74) is 0.00851. The van der Waals surface area contributed by atoms with Gasteiger partial charge in [0.1, 0.15) is 0 Å². The number of hydrogen-bond acceptors (Lipinski definition) is 4. The zero-order valence-corrected chi connectivity index (χ0v) is 11.7. The van der Waals surface area contributed by atoms with Gasteiger partial charge in [-0.05, 0) is 44.7 Å². The summed E-state index contributed by atoms with van der Waals surface area (Å²) < 4.78 is 25.3. The second kappa shape index (κ2) is 5.69. The molecule has 102 valence electrons. The first kappa shape index (κ1) is 14.9. The highest BCUT2D eigenvalue weighted by molar-refractivity contribution is 7.89. The highest BCUT2D eigenvalue weighted by Gasteiger charge is 2.17. The molecule has 0 spiro atoms. The van der Waals surface area contributed by atoms with Gasteiger partial charge in [0.15, 0.2) is 0 Å². The van der Waals surface area contributed by atoms with Crippen LogP contribution >= 0.6 is 0 Å². The topological polar surface area (TPSA) is 78.4 Å². The lowest BCUT2D eigenvalue weighted by molar-refractivity contribution is 0.0697. The Kier molecular flexibility index (Phi) is 4.72. The van der Waals surface area contributed by atoms with Gasteiger partial charge in [0, 0.05) is 12.2 Å². The van der Waals surface area contributed by atoms with Gasteiger partial charge in [-0.25, -0.2) is 13.1 Å². The highest BCUT2D eigenvalue weighted by Crippen LogP contribution is 2.15. The Balaban J connectivity index is 2.73. The average Bonchev–Trinajstić information content (AvgIpc) is 2.37. The van der Waals surface area contributed by atoms with Crippen molar-refractivity contribution in [1.82, 2.24) is 4.72 Å². The summed E-state index contributed by atoms with van der Waals surface area (Å²) in [5, 5.41) is 12.9. The molecular formula is C12H20N2O3S. The van der Waals surface area contributed by atoms with E-state index in [2.05, 4.69) is 10.0 Å². The van der Waals surface area contributed by atoms with Crippen LogP contribution in [-0.4, -0.2) is 32.7 Å². The predicted octanol–water partition coefficient (Wildman–Crippen LogP) is 1.17. The maximum absolute atomic E-state index is 11.5. The van der Waals surface area contributed by atoms with Crippen LogP contribution in [0.25, 0.3) is 0 Å². The van der Waals surface area contributed by atoms with Gasteiger partial charge in [-0.1, -0.05) is 6.92 Å². The summed E-state index contributed by atoms with van der Waals surface area (Å²) in [5.74, 6) is 0. The molecule has 0 amide bonds. The summed E-state index contributed by atoms with van der Waals surface area (Å²) in [6, 6.07) is 6.40. The van der Waals surface area contributed by atoms with Gasteiger partial charge < -0.3 is 10.4 Å². The zero-order chi connectivity index (χ0) is 13.8. The summed E-state index contributed by atoms with van der Waals surface area (Å²) in [7, 11) is -2.02. The Morgan fingerprint density at radius 1 is 1.28 bits per heavy atom. The molecule has 0 heterocycles. The molecule has 1 aromatic carbocycles. The largest absolute Gasteiger partial charge is 0.388 e. The third kappa shape index (κ3) is 3.97. The molecule has 6 heteroatoms. The van der Waals surface area contributed by atoms with Crippen LogP contribution in [0.3, 0.4) is 0 Å². The molecule has 1 atom stereocenters. The van der Waals surface area contributed by atoms with E-state index in [1.807, 2.05) is 6.92 Å². The Morgan fingerprint density at radius 2 is 1.83 bits per heavy atom. The maximum Gasteiger partial charge on any atom is 0.240 e. The Bertz CT molecular complexity index is 481. The third-order valence-electron chi connectivity index (χ3n) is 2.87. The van der Waals surface area contributed by atoms with Gasteiger partial charge in [0.2, 0.25) is 10.0 Å². The van der Waals surface area contributed by atoms with Crippen LogP contribution in [-0.2, 0) is 10.0 Å². The maximum atomic E-state index is 11.5. The second-order valence-electron chi connectivity index (χ2n) is 4.44. The lowest BCUT2D eigenvalue weighted by atomic mass is 10.0. The molecule has 1 unspecified atom stereocenters. The molecule has 3 N–H and O–H groups in total. The quantitative estimate of drug-likeness (QED) is 0.726. The number of sulfonamides is 1. The lowest BCUT2D eigenvalue weighted by Gasteiger charge is -2.22. The van der Waals surface area contributed by atoms with Crippen molar-refractivity contribution in [1.29, 1.82) is 0 Å². The molecule has 1 rings (SSSR count). The minimum absolute atomic E-state index is 0.220. The monoisotopic (exact) mass is 272 g/mol. The molecule has 0 saturated heterocycles. The average molecular weight is 272 g/mol. The van der Waals surface area contributed by atoms with E-state index in [4.69, 9.17) is 0 Å². The van der Waals surface area contributed by atoms with Crippen LogP contribution < -0.4 is 10.0 Å². The van der Waals surface area contributed by atoms with E-state index in [0.29, 0.717) is 13.0 Å². The number of benzene rings is 1. The molecular weight excluding hydrogens is 252 g/mol. The van der Waals surface area contributed by atoms with Gasteiger partial charge in [-0.3, -0.25) is 0 Å². The van der Waals surface area contributed by atoms with Crippen molar-refractivity contribution in [2.45, 2.75) is 30.8 Å². The van der Waals surface area contributed by atoms with Crippen LogP contribution in [0.1, 0.15) is 20.3 Å². The lowest BCUT2D eigenvalue weighted by Crippen LogP contribution is -2.32. The summed E-state index contributed by atoms with van der Waals surface area (Å²) >= 11 is 0. The Hall–Kier alpha value is -1.11. The number of rotatable bonds is 6. The van der Waals surface area contributed by atoms with E-state index in [0.717, 1.165) is 5.69 Å². The summed E-state index contributed by atoms with van der Waals surface area (Å²) in [6.07, 6.45) is 0.645. The molecule has 18 heavy (non-hydrogen) atoms. The number of hydrogen-bond donors (Lipinski definition) is 3. The van der Waals surface area contributed by atoms with Gasteiger partial charge in [-0.2, -0.15) is 0 Å². The molecule has 5 nitrogen and oxygen atoms in total. The van der Waals surface area contributed by atoms with E-state index in [1.165, 1.54) is 19.2 Å².